The lowest BCUT2D eigenvalue weighted by molar-refractivity contribution is -0.130. The maximum Gasteiger partial charge on any atom is 0.236 e. The molecule has 0 unspecified atom stereocenters. The standard InChI is InChI=1S/C16H26N2O2/c1-17(2)16(19)14-18(12-13-20-3)11-7-10-15-8-5-4-6-9-15/h4-6,8-9H,7,10-14H2,1-3H3. The number of methoxy groups -OCH3 is 1. The van der Waals surface area contributed by atoms with E-state index in [9.17, 15) is 4.79 Å². The van der Waals surface area contributed by atoms with E-state index in [4.69, 9.17) is 4.74 Å². The minimum atomic E-state index is 0.140. The van der Waals surface area contributed by atoms with Gasteiger partial charge < -0.3 is 9.64 Å². The summed E-state index contributed by atoms with van der Waals surface area (Å²) < 4.78 is 5.11. The Labute approximate surface area is 122 Å². The zero-order valence-electron chi connectivity index (χ0n) is 12.8. The predicted molar refractivity (Wildman–Crippen MR) is 81.8 cm³/mol. The van der Waals surface area contributed by atoms with Crippen molar-refractivity contribution in [2.45, 2.75) is 12.8 Å². The smallest absolute Gasteiger partial charge is 0.236 e. The molecule has 112 valence electrons. The third-order valence-electron chi connectivity index (χ3n) is 3.25. The van der Waals surface area contributed by atoms with Gasteiger partial charge in [0.2, 0.25) is 5.91 Å². The minimum Gasteiger partial charge on any atom is -0.383 e. The fourth-order valence-corrected chi connectivity index (χ4v) is 1.97. The lowest BCUT2D eigenvalue weighted by atomic mass is 10.1. The molecule has 1 rings (SSSR count). The Morgan fingerprint density at radius 1 is 1.15 bits per heavy atom. The summed E-state index contributed by atoms with van der Waals surface area (Å²) in [6.07, 6.45) is 2.09. The number of amides is 1. The van der Waals surface area contributed by atoms with Crippen LogP contribution in [-0.4, -0.2) is 63.2 Å². The third kappa shape index (κ3) is 6.68. The number of hydrogen-bond acceptors (Lipinski definition) is 3. The molecule has 1 aromatic carbocycles. The molecular weight excluding hydrogens is 252 g/mol. The number of aryl methyl sites for hydroxylation is 1. The highest BCUT2D eigenvalue weighted by Gasteiger charge is 2.11. The highest BCUT2D eigenvalue weighted by molar-refractivity contribution is 5.77. The number of carbonyl (C=O) groups is 1. The van der Waals surface area contributed by atoms with Crippen LogP contribution in [0.25, 0.3) is 0 Å². The Bertz CT molecular complexity index is 379. The molecule has 0 spiro atoms. The van der Waals surface area contributed by atoms with Crippen molar-refractivity contribution in [3.05, 3.63) is 35.9 Å². The van der Waals surface area contributed by atoms with Crippen molar-refractivity contribution in [2.24, 2.45) is 0 Å². The summed E-state index contributed by atoms with van der Waals surface area (Å²) >= 11 is 0. The molecule has 4 nitrogen and oxygen atoms in total. The Kier molecular flexibility index (Phi) is 7.92. The van der Waals surface area contributed by atoms with E-state index in [1.54, 1.807) is 26.1 Å². The summed E-state index contributed by atoms with van der Waals surface area (Å²) in [5.41, 5.74) is 1.35. The molecule has 0 N–H and O–H groups in total. The maximum atomic E-state index is 11.8. The molecule has 0 aliphatic heterocycles. The first-order chi connectivity index (χ1) is 9.63. The number of likely N-dealkylation sites (N-methyl/N-ethyl adjacent to an activating group) is 1. The van der Waals surface area contributed by atoms with E-state index < -0.39 is 0 Å². The summed E-state index contributed by atoms with van der Waals surface area (Å²) in [6.45, 7) is 2.83. The molecule has 0 atom stereocenters. The van der Waals surface area contributed by atoms with Crippen LogP contribution in [-0.2, 0) is 16.0 Å². The number of hydrogen-bond donors (Lipinski definition) is 0. The molecule has 20 heavy (non-hydrogen) atoms. The van der Waals surface area contributed by atoms with Crippen LogP contribution in [0.5, 0.6) is 0 Å². The van der Waals surface area contributed by atoms with Crippen LogP contribution in [0.15, 0.2) is 30.3 Å². The Morgan fingerprint density at radius 3 is 2.45 bits per heavy atom. The largest absolute Gasteiger partial charge is 0.383 e. The van der Waals surface area contributed by atoms with Crippen LogP contribution >= 0.6 is 0 Å². The lowest BCUT2D eigenvalue weighted by Crippen LogP contribution is -2.38. The second kappa shape index (κ2) is 9.50. The molecule has 0 bridgehead atoms. The lowest BCUT2D eigenvalue weighted by Gasteiger charge is -2.23. The van der Waals surface area contributed by atoms with Crippen molar-refractivity contribution in [3.8, 4) is 0 Å². The Hall–Kier alpha value is -1.39. The molecule has 0 saturated heterocycles. The molecular formula is C16H26N2O2. The van der Waals surface area contributed by atoms with E-state index in [0.29, 0.717) is 13.2 Å². The van der Waals surface area contributed by atoms with Crippen molar-refractivity contribution in [2.75, 3.05) is 47.4 Å². The highest BCUT2D eigenvalue weighted by atomic mass is 16.5. The molecule has 0 heterocycles. The van der Waals surface area contributed by atoms with Crippen molar-refractivity contribution in [3.63, 3.8) is 0 Å². The SMILES string of the molecule is COCCN(CCCc1ccccc1)CC(=O)N(C)C. The second-order valence-electron chi connectivity index (χ2n) is 5.15. The first-order valence-corrected chi connectivity index (χ1v) is 7.09. The van der Waals surface area contributed by atoms with Crippen LogP contribution in [0.4, 0.5) is 0 Å². The number of nitrogens with zero attached hydrogens (tertiary/aromatic N) is 2. The molecule has 1 aromatic rings. The average Bonchev–Trinajstić information content (AvgIpc) is 2.45. The fraction of sp³-hybridized carbons (Fsp3) is 0.562. The molecule has 4 heteroatoms. The Balaban J connectivity index is 2.37. The number of carbonyl (C=O) groups excluding carboxylic acids is 1. The van der Waals surface area contributed by atoms with Gasteiger partial charge in [0.25, 0.3) is 0 Å². The first kappa shape index (κ1) is 16.7. The average molecular weight is 278 g/mol. The second-order valence-corrected chi connectivity index (χ2v) is 5.15. The van der Waals surface area contributed by atoms with E-state index in [1.807, 2.05) is 6.07 Å². The van der Waals surface area contributed by atoms with E-state index in [2.05, 4.69) is 29.2 Å². The topological polar surface area (TPSA) is 32.8 Å². The van der Waals surface area contributed by atoms with Crippen LogP contribution in [0.2, 0.25) is 0 Å². The van der Waals surface area contributed by atoms with E-state index in [-0.39, 0.29) is 5.91 Å². The zero-order valence-corrected chi connectivity index (χ0v) is 12.8. The number of ether oxygens (including phenoxy) is 1. The molecule has 0 fully saturated rings. The van der Waals surface area contributed by atoms with Gasteiger partial charge in [-0.15, -0.1) is 0 Å². The molecule has 0 aliphatic carbocycles. The van der Waals surface area contributed by atoms with E-state index in [0.717, 1.165) is 25.9 Å². The van der Waals surface area contributed by atoms with Crippen molar-refractivity contribution >= 4 is 5.91 Å². The van der Waals surface area contributed by atoms with E-state index in [1.165, 1.54) is 5.56 Å². The zero-order chi connectivity index (χ0) is 14.8. The van der Waals surface area contributed by atoms with E-state index >= 15 is 0 Å². The summed E-state index contributed by atoms with van der Waals surface area (Å²) in [4.78, 5) is 15.6. The summed E-state index contributed by atoms with van der Waals surface area (Å²) in [5.74, 6) is 0.140. The van der Waals surface area contributed by atoms with Crippen molar-refractivity contribution in [1.82, 2.24) is 9.80 Å². The summed E-state index contributed by atoms with van der Waals surface area (Å²) in [5, 5.41) is 0. The maximum absolute atomic E-state index is 11.8. The Morgan fingerprint density at radius 2 is 1.85 bits per heavy atom. The quantitative estimate of drug-likeness (QED) is 0.688. The number of benzene rings is 1. The van der Waals surface area contributed by atoms with Gasteiger partial charge in [-0.25, -0.2) is 0 Å². The van der Waals surface area contributed by atoms with Crippen LogP contribution in [0.1, 0.15) is 12.0 Å². The van der Waals surface area contributed by atoms with Gasteiger partial charge in [-0.2, -0.15) is 0 Å². The van der Waals surface area contributed by atoms with Gasteiger partial charge in [0.15, 0.2) is 0 Å². The van der Waals surface area contributed by atoms with Gasteiger partial charge in [-0.05, 0) is 24.9 Å². The molecule has 0 aromatic heterocycles. The monoisotopic (exact) mass is 278 g/mol. The molecule has 0 aliphatic rings. The van der Waals surface area contributed by atoms with Gasteiger partial charge in [-0.1, -0.05) is 30.3 Å². The van der Waals surface area contributed by atoms with Gasteiger partial charge in [0, 0.05) is 27.7 Å². The van der Waals surface area contributed by atoms with Crippen LogP contribution in [0, 0.1) is 0 Å². The van der Waals surface area contributed by atoms with Crippen LogP contribution < -0.4 is 0 Å². The highest BCUT2D eigenvalue weighted by Crippen LogP contribution is 2.04. The van der Waals surface area contributed by atoms with Gasteiger partial charge >= 0.3 is 0 Å². The first-order valence-electron chi connectivity index (χ1n) is 7.09. The normalized spacial score (nSPS) is 10.8. The van der Waals surface area contributed by atoms with Crippen molar-refractivity contribution < 1.29 is 9.53 Å². The van der Waals surface area contributed by atoms with Gasteiger partial charge in [0.1, 0.15) is 0 Å². The fourth-order valence-electron chi connectivity index (χ4n) is 1.97. The number of rotatable bonds is 9. The van der Waals surface area contributed by atoms with Crippen molar-refractivity contribution in [1.29, 1.82) is 0 Å². The van der Waals surface area contributed by atoms with Gasteiger partial charge in [-0.3, -0.25) is 9.69 Å². The molecule has 0 saturated carbocycles. The summed E-state index contributed by atoms with van der Waals surface area (Å²) in [7, 11) is 5.28. The molecule has 0 radical (unpaired) electrons. The summed E-state index contributed by atoms with van der Waals surface area (Å²) in [6, 6.07) is 10.4. The minimum absolute atomic E-state index is 0.140. The molecule has 1 amide bonds. The van der Waals surface area contributed by atoms with Crippen LogP contribution in [0.3, 0.4) is 0 Å². The van der Waals surface area contributed by atoms with Gasteiger partial charge in [0.05, 0.1) is 13.2 Å². The third-order valence-corrected chi connectivity index (χ3v) is 3.25. The predicted octanol–water partition coefficient (Wildman–Crippen LogP) is 1.66.